The zero-order valence-corrected chi connectivity index (χ0v) is 8.39. The summed E-state index contributed by atoms with van der Waals surface area (Å²) in [5, 5.41) is 18.3. The molecule has 1 aromatic carbocycles. The fourth-order valence-electron chi connectivity index (χ4n) is 1.17. The molecule has 1 aromatic rings. The molecular formula is C9H3ClN2O4. The molecule has 16 heavy (non-hydrogen) atoms. The molecule has 0 radical (unpaired) electrons. The molecule has 0 bridgehead atoms. The third-order valence-electron chi connectivity index (χ3n) is 1.86. The average molecular weight is 239 g/mol. The molecule has 0 atom stereocenters. The summed E-state index contributed by atoms with van der Waals surface area (Å²) in [5.74, 6) is 0. The Morgan fingerprint density at radius 1 is 1.56 bits per heavy atom. The van der Waals surface area contributed by atoms with Crippen LogP contribution in [0.1, 0.15) is 26.3 Å². The second-order valence-electron chi connectivity index (χ2n) is 2.68. The summed E-state index contributed by atoms with van der Waals surface area (Å²) in [5.41, 5.74) is -1.59. The lowest BCUT2D eigenvalue weighted by Gasteiger charge is -2.01. The van der Waals surface area contributed by atoms with E-state index in [0.29, 0.717) is 0 Å². The predicted octanol–water partition coefficient (Wildman–Crippen LogP) is 1.66. The van der Waals surface area contributed by atoms with Gasteiger partial charge in [-0.05, 0) is 17.7 Å². The Morgan fingerprint density at radius 3 is 2.56 bits per heavy atom. The van der Waals surface area contributed by atoms with E-state index in [4.69, 9.17) is 16.9 Å². The van der Waals surface area contributed by atoms with Gasteiger partial charge in [0.15, 0.2) is 6.29 Å². The van der Waals surface area contributed by atoms with Crippen LogP contribution in [-0.4, -0.2) is 16.5 Å². The zero-order chi connectivity index (χ0) is 12.3. The number of aldehydes is 1. The first-order valence-corrected chi connectivity index (χ1v) is 4.27. The van der Waals surface area contributed by atoms with E-state index in [-0.39, 0.29) is 17.4 Å². The van der Waals surface area contributed by atoms with Gasteiger partial charge in [-0.15, -0.1) is 0 Å². The SMILES string of the molecule is N#Cc1c([N+](=O)[O-])ccc(C(=O)Cl)c1C=O. The third kappa shape index (κ3) is 1.89. The summed E-state index contributed by atoms with van der Waals surface area (Å²) in [6, 6.07) is 3.51. The Balaban J connectivity index is 3.67. The van der Waals surface area contributed by atoms with Gasteiger partial charge in [0.25, 0.3) is 10.9 Å². The van der Waals surface area contributed by atoms with Crippen LogP contribution >= 0.6 is 11.6 Å². The molecule has 0 spiro atoms. The van der Waals surface area contributed by atoms with Crippen LogP contribution in [0.15, 0.2) is 12.1 Å². The van der Waals surface area contributed by atoms with Crippen LogP contribution in [0.3, 0.4) is 0 Å². The molecule has 0 N–H and O–H groups in total. The summed E-state index contributed by atoms with van der Waals surface area (Å²) in [6.07, 6.45) is 0.196. The topological polar surface area (TPSA) is 101 Å². The fraction of sp³-hybridized carbons (Fsp3) is 0. The number of carbonyl (C=O) groups excluding carboxylic acids is 2. The van der Waals surface area contributed by atoms with E-state index in [1.54, 1.807) is 0 Å². The average Bonchev–Trinajstić information content (AvgIpc) is 2.26. The highest BCUT2D eigenvalue weighted by Crippen LogP contribution is 2.24. The van der Waals surface area contributed by atoms with Gasteiger partial charge in [-0.1, -0.05) is 0 Å². The summed E-state index contributed by atoms with van der Waals surface area (Å²) < 4.78 is 0. The highest BCUT2D eigenvalue weighted by molar-refractivity contribution is 6.68. The molecule has 7 heteroatoms. The lowest BCUT2D eigenvalue weighted by Crippen LogP contribution is -2.03. The van der Waals surface area contributed by atoms with Gasteiger partial charge in [0.1, 0.15) is 11.6 Å². The largest absolute Gasteiger partial charge is 0.298 e. The molecule has 1 rings (SSSR count). The van der Waals surface area contributed by atoms with Gasteiger partial charge in [-0.2, -0.15) is 5.26 Å². The lowest BCUT2D eigenvalue weighted by atomic mass is 10.0. The number of hydrogen-bond acceptors (Lipinski definition) is 5. The van der Waals surface area contributed by atoms with Crippen LogP contribution in [0.25, 0.3) is 0 Å². The Hall–Kier alpha value is -2.26. The van der Waals surface area contributed by atoms with Gasteiger partial charge in [0, 0.05) is 11.6 Å². The van der Waals surface area contributed by atoms with E-state index in [2.05, 4.69) is 0 Å². The normalized spacial score (nSPS) is 9.25. The summed E-state index contributed by atoms with van der Waals surface area (Å²) >= 11 is 5.17. The first-order valence-electron chi connectivity index (χ1n) is 3.89. The van der Waals surface area contributed by atoms with Crippen molar-refractivity contribution in [1.82, 2.24) is 0 Å². The number of carbonyl (C=O) groups is 2. The number of nitrogens with zero attached hydrogens (tertiary/aromatic N) is 2. The fourth-order valence-corrected chi connectivity index (χ4v) is 1.34. The summed E-state index contributed by atoms with van der Waals surface area (Å²) in [7, 11) is 0. The molecule has 0 aliphatic heterocycles. The highest BCUT2D eigenvalue weighted by Gasteiger charge is 2.22. The monoisotopic (exact) mass is 238 g/mol. The second kappa shape index (κ2) is 4.51. The molecule has 0 saturated heterocycles. The molecule has 0 aromatic heterocycles. The van der Waals surface area contributed by atoms with Crippen LogP contribution in [0.2, 0.25) is 0 Å². The maximum Gasteiger partial charge on any atom is 0.287 e. The number of nitro groups is 1. The van der Waals surface area contributed by atoms with Crippen LogP contribution in [0, 0.1) is 21.4 Å². The Bertz CT molecular complexity index is 533. The van der Waals surface area contributed by atoms with Crippen molar-refractivity contribution in [3.05, 3.63) is 38.9 Å². The minimum Gasteiger partial charge on any atom is -0.298 e. The number of benzene rings is 1. The maximum absolute atomic E-state index is 10.9. The minimum absolute atomic E-state index is 0.196. The number of nitro benzene ring substituents is 1. The second-order valence-corrected chi connectivity index (χ2v) is 3.02. The number of hydrogen-bond donors (Lipinski definition) is 0. The molecule has 0 fully saturated rings. The minimum atomic E-state index is -0.950. The van der Waals surface area contributed by atoms with Gasteiger partial charge in [-0.25, -0.2) is 0 Å². The predicted molar refractivity (Wildman–Crippen MR) is 53.4 cm³/mol. The first-order chi connectivity index (χ1) is 7.52. The van der Waals surface area contributed by atoms with Crippen molar-refractivity contribution in [2.45, 2.75) is 0 Å². The summed E-state index contributed by atoms with van der Waals surface area (Å²) in [6.45, 7) is 0. The van der Waals surface area contributed by atoms with E-state index >= 15 is 0 Å². The number of nitriles is 1. The molecule has 0 unspecified atom stereocenters. The molecule has 6 nitrogen and oxygen atoms in total. The molecular weight excluding hydrogens is 236 g/mol. The first kappa shape index (κ1) is 11.8. The van der Waals surface area contributed by atoms with Crippen molar-refractivity contribution < 1.29 is 14.5 Å². The van der Waals surface area contributed by atoms with Gasteiger partial charge in [0.05, 0.1) is 10.5 Å². The molecule has 0 aliphatic rings. The Kier molecular flexibility index (Phi) is 3.33. The zero-order valence-electron chi connectivity index (χ0n) is 7.64. The highest BCUT2D eigenvalue weighted by atomic mass is 35.5. The third-order valence-corrected chi connectivity index (χ3v) is 2.07. The van der Waals surface area contributed by atoms with E-state index in [9.17, 15) is 19.7 Å². The van der Waals surface area contributed by atoms with Gasteiger partial charge in [-0.3, -0.25) is 19.7 Å². The summed E-state index contributed by atoms with van der Waals surface area (Å²) in [4.78, 5) is 31.3. The van der Waals surface area contributed by atoms with Crippen LogP contribution in [-0.2, 0) is 0 Å². The van der Waals surface area contributed by atoms with Crippen molar-refractivity contribution >= 4 is 28.8 Å². The smallest absolute Gasteiger partial charge is 0.287 e. The van der Waals surface area contributed by atoms with Crippen molar-refractivity contribution in [2.75, 3.05) is 0 Å². The van der Waals surface area contributed by atoms with Crippen LogP contribution in [0.4, 0.5) is 5.69 Å². The molecule has 80 valence electrons. The van der Waals surface area contributed by atoms with E-state index < -0.39 is 21.4 Å². The molecule has 0 heterocycles. The van der Waals surface area contributed by atoms with Crippen LogP contribution in [0.5, 0.6) is 0 Å². The number of halogens is 1. The molecule has 0 saturated carbocycles. The standard InChI is InChI=1S/C9H3ClN2O4/c10-9(14)5-1-2-8(12(15)16)6(3-11)7(5)4-13/h1-2,4H. The van der Waals surface area contributed by atoms with Gasteiger partial charge >= 0.3 is 0 Å². The quantitative estimate of drug-likeness (QED) is 0.345. The van der Waals surface area contributed by atoms with E-state index in [0.717, 1.165) is 12.1 Å². The molecule has 0 aliphatic carbocycles. The van der Waals surface area contributed by atoms with Crippen LogP contribution < -0.4 is 0 Å². The van der Waals surface area contributed by atoms with E-state index in [1.165, 1.54) is 6.07 Å². The van der Waals surface area contributed by atoms with Gasteiger partial charge < -0.3 is 0 Å². The van der Waals surface area contributed by atoms with Crippen molar-refractivity contribution in [1.29, 1.82) is 5.26 Å². The van der Waals surface area contributed by atoms with Crippen molar-refractivity contribution in [3.63, 3.8) is 0 Å². The lowest BCUT2D eigenvalue weighted by molar-refractivity contribution is -0.385. The Morgan fingerprint density at radius 2 is 2.19 bits per heavy atom. The maximum atomic E-state index is 10.9. The van der Waals surface area contributed by atoms with E-state index in [1.807, 2.05) is 0 Å². The van der Waals surface area contributed by atoms with Crippen molar-refractivity contribution in [3.8, 4) is 6.07 Å². The molecule has 0 amide bonds. The Labute approximate surface area is 94.2 Å². The van der Waals surface area contributed by atoms with Gasteiger partial charge in [0.2, 0.25) is 0 Å². The van der Waals surface area contributed by atoms with Crippen molar-refractivity contribution in [2.24, 2.45) is 0 Å². The number of rotatable bonds is 3.